The van der Waals surface area contributed by atoms with Crippen molar-refractivity contribution in [2.75, 3.05) is 26.2 Å². The van der Waals surface area contributed by atoms with Crippen LogP contribution in [-0.4, -0.2) is 40.1 Å². The van der Waals surface area contributed by atoms with Gasteiger partial charge in [-0.05, 0) is 12.5 Å². The first kappa shape index (κ1) is 9.45. The van der Waals surface area contributed by atoms with Crippen molar-refractivity contribution in [2.24, 2.45) is 5.41 Å². The zero-order chi connectivity index (χ0) is 9.47. The Balaban J connectivity index is 1.90. The second-order valence-electron chi connectivity index (χ2n) is 3.99. The summed E-state index contributed by atoms with van der Waals surface area (Å²) in [7, 11) is 0. The van der Waals surface area contributed by atoms with Crippen LogP contribution in [0.5, 0.6) is 0 Å². The molecule has 0 saturated carbocycles. The van der Waals surface area contributed by atoms with Gasteiger partial charge in [-0.25, -0.2) is 3.11 Å². The van der Waals surface area contributed by atoms with Gasteiger partial charge in [0.25, 0.3) is 0 Å². The molecule has 1 spiro atoms. The molecule has 0 aromatic carbocycles. The highest BCUT2D eigenvalue weighted by Gasteiger charge is 2.48. The van der Waals surface area contributed by atoms with Crippen molar-refractivity contribution in [3.63, 3.8) is 0 Å². The van der Waals surface area contributed by atoms with E-state index in [9.17, 15) is 4.79 Å². The van der Waals surface area contributed by atoms with Gasteiger partial charge >= 0.3 is 0 Å². The van der Waals surface area contributed by atoms with Crippen LogP contribution in [0.1, 0.15) is 6.42 Å². The Bertz CT molecular complexity index is 248. The van der Waals surface area contributed by atoms with E-state index in [0.29, 0.717) is 5.41 Å². The quantitative estimate of drug-likeness (QED) is 0.410. The van der Waals surface area contributed by atoms with E-state index in [4.69, 9.17) is 0 Å². The minimum Gasteiger partial charge on any atom is -0.338 e. The van der Waals surface area contributed by atoms with Gasteiger partial charge in [0.1, 0.15) is 0 Å². The second-order valence-corrected chi connectivity index (χ2v) is 5.36. The Labute approximate surface area is 92.3 Å². The smallest absolute Gasteiger partial charge is 0.245 e. The lowest BCUT2D eigenvalue weighted by atomic mass is 9.79. The van der Waals surface area contributed by atoms with Crippen molar-refractivity contribution in [1.82, 2.24) is 8.01 Å². The molecule has 0 N–H and O–H groups in total. The molecule has 2 aliphatic rings. The van der Waals surface area contributed by atoms with Crippen LogP contribution in [0.15, 0.2) is 12.7 Å². The fourth-order valence-corrected chi connectivity index (χ4v) is 3.15. The molecule has 0 atom stereocenters. The summed E-state index contributed by atoms with van der Waals surface area (Å²) in [6, 6.07) is 0. The molecular weight excluding hydrogens is 279 g/mol. The Kier molecular flexibility index (Phi) is 2.35. The first-order valence-electron chi connectivity index (χ1n) is 4.47. The van der Waals surface area contributed by atoms with Gasteiger partial charge in [-0.3, -0.25) is 4.79 Å². The summed E-state index contributed by atoms with van der Waals surface area (Å²) < 4.78 is 2.31. The average Bonchev–Trinajstić information content (AvgIpc) is 2.43. The lowest BCUT2D eigenvalue weighted by molar-refractivity contribution is -0.136. The molecule has 0 aromatic heterocycles. The molecule has 0 radical (unpaired) electrons. The summed E-state index contributed by atoms with van der Waals surface area (Å²) in [5.41, 5.74) is 0.417. The molecule has 0 unspecified atom stereocenters. The number of hydrogen-bond donors (Lipinski definition) is 0. The summed E-state index contributed by atoms with van der Waals surface area (Å²) >= 11 is 2.36. The van der Waals surface area contributed by atoms with E-state index in [-0.39, 0.29) is 5.91 Å². The number of nitrogens with zero attached hydrogens (tertiary/aromatic N) is 2. The Morgan fingerprint density at radius 1 is 1.46 bits per heavy atom. The fourth-order valence-electron chi connectivity index (χ4n) is 2.19. The minimum absolute atomic E-state index is 0.0810. The zero-order valence-corrected chi connectivity index (χ0v) is 9.66. The lowest BCUT2D eigenvalue weighted by Gasteiger charge is -2.47. The molecule has 0 aromatic rings. The van der Waals surface area contributed by atoms with Gasteiger partial charge in [0, 0.05) is 54.5 Å². The van der Waals surface area contributed by atoms with E-state index in [1.54, 1.807) is 0 Å². The van der Waals surface area contributed by atoms with E-state index in [1.165, 1.54) is 12.5 Å². The van der Waals surface area contributed by atoms with Crippen LogP contribution in [-0.2, 0) is 4.79 Å². The van der Waals surface area contributed by atoms with Crippen LogP contribution >= 0.6 is 22.9 Å². The number of carbonyl (C=O) groups is 1. The van der Waals surface area contributed by atoms with Gasteiger partial charge in [-0.2, -0.15) is 0 Å². The highest BCUT2D eigenvalue weighted by atomic mass is 127. The molecular formula is C9H13IN2O. The van der Waals surface area contributed by atoms with Crippen molar-refractivity contribution in [1.29, 1.82) is 0 Å². The third-order valence-electron chi connectivity index (χ3n) is 2.93. The molecule has 2 aliphatic heterocycles. The number of carbonyl (C=O) groups excluding carboxylic acids is 1. The largest absolute Gasteiger partial charge is 0.338 e. The molecule has 2 heterocycles. The van der Waals surface area contributed by atoms with E-state index < -0.39 is 0 Å². The maximum Gasteiger partial charge on any atom is 0.245 e. The Morgan fingerprint density at radius 2 is 2.15 bits per heavy atom. The molecule has 0 bridgehead atoms. The predicted octanol–water partition coefficient (Wildman–Crippen LogP) is 1.06. The van der Waals surface area contributed by atoms with Crippen LogP contribution in [0.2, 0.25) is 0 Å². The van der Waals surface area contributed by atoms with Crippen LogP contribution in [0.25, 0.3) is 0 Å². The summed E-state index contributed by atoms with van der Waals surface area (Å²) in [5, 5.41) is 0. The molecule has 4 heteroatoms. The van der Waals surface area contributed by atoms with Crippen molar-refractivity contribution in [3.05, 3.63) is 12.7 Å². The number of hydrogen-bond acceptors (Lipinski definition) is 2. The molecule has 2 fully saturated rings. The van der Waals surface area contributed by atoms with Crippen molar-refractivity contribution in [3.8, 4) is 0 Å². The van der Waals surface area contributed by atoms with Crippen molar-refractivity contribution in [2.45, 2.75) is 6.42 Å². The maximum atomic E-state index is 11.2. The maximum absolute atomic E-state index is 11.2. The average molecular weight is 292 g/mol. The molecule has 1 amide bonds. The first-order chi connectivity index (χ1) is 6.15. The summed E-state index contributed by atoms with van der Waals surface area (Å²) in [6.07, 6.45) is 2.64. The highest BCUT2D eigenvalue weighted by molar-refractivity contribution is 14.1. The molecule has 13 heavy (non-hydrogen) atoms. The summed E-state index contributed by atoms with van der Waals surface area (Å²) in [6.45, 7) is 7.64. The van der Waals surface area contributed by atoms with Gasteiger partial charge in [0.05, 0.1) is 0 Å². The predicted molar refractivity (Wildman–Crippen MR) is 59.4 cm³/mol. The lowest BCUT2D eigenvalue weighted by Crippen LogP contribution is -2.58. The van der Waals surface area contributed by atoms with Crippen molar-refractivity contribution < 1.29 is 4.79 Å². The molecule has 3 nitrogen and oxygen atoms in total. The third kappa shape index (κ3) is 1.61. The normalized spacial score (nSPS) is 26.1. The molecule has 0 aliphatic carbocycles. The van der Waals surface area contributed by atoms with Gasteiger partial charge in [0.15, 0.2) is 0 Å². The molecule has 2 rings (SSSR count). The molecule has 72 valence electrons. The Hall–Kier alpha value is -0.100. The van der Waals surface area contributed by atoms with Gasteiger partial charge in [-0.15, -0.1) is 0 Å². The highest BCUT2D eigenvalue weighted by Crippen LogP contribution is 2.40. The number of rotatable bonds is 1. The number of amides is 1. The summed E-state index contributed by atoms with van der Waals surface area (Å²) in [4.78, 5) is 13.1. The monoisotopic (exact) mass is 292 g/mol. The van der Waals surface area contributed by atoms with E-state index in [2.05, 4.69) is 32.6 Å². The third-order valence-corrected chi connectivity index (χ3v) is 3.75. The van der Waals surface area contributed by atoms with Crippen LogP contribution in [0.4, 0.5) is 0 Å². The molecule has 2 saturated heterocycles. The van der Waals surface area contributed by atoms with Gasteiger partial charge in [-0.1, -0.05) is 6.58 Å². The first-order valence-corrected chi connectivity index (χ1v) is 5.44. The van der Waals surface area contributed by atoms with E-state index in [1.807, 2.05) is 4.90 Å². The number of halogens is 1. The summed E-state index contributed by atoms with van der Waals surface area (Å²) in [5.74, 6) is 0.0810. The van der Waals surface area contributed by atoms with Gasteiger partial charge in [0.2, 0.25) is 5.91 Å². The van der Waals surface area contributed by atoms with Crippen molar-refractivity contribution >= 4 is 28.8 Å². The van der Waals surface area contributed by atoms with Crippen LogP contribution in [0.3, 0.4) is 0 Å². The number of likely N-dealkylation sites (tertiary alicyclic amines) is 1. The zero-order valence-electron chi connectivity index (χ0n) is 7.50. The minimum atomic E-state index is 0.0810. The standard InChI is InChI=1S/C9H13IN2O/c1-2-8(13)11-5-9(6-11)3-4-12(10)7-9/h2H,1,3-7H2. The van der Waals surface area contributed by atoms with Crippen LogP contribution < -0.4 is 0 Å². The van der Waals surface area contributed by atoms with Crippen LogP contribution in [0, 0.1) is 5.41 Å². The fraction of sp³-hybridized carbons (Fsp3) is 0.667. The SMILES string of the molecule is C=CC(=O)N1CC2(CCN(I)C2)C1. The topological polar surface area (TPSA) is 23.6 Å². The van der Waals surface area contributed by atoms with E-state index in [0.717, 1.165) is 26.2 Å². The van der Waals surface area contributed by atoms with E-state index >= 15 is 0 Å². The van der Waals surface area contributed by atoms with Gasteiger partial charge < -0.3 is 4.90 Å². The Morgan fingerprint density at radius 3 is 2.62 bits per heavy atom. The second kappa shape index (κ2) is 3.24.